The molecule has 0 bridgehead atoms. The molecule has 19 heavy (non-hydrogen) atoms. The van der Waals surface area contributed by atoms with Gasteiger partial charge in [-0.15, -0.1) is 10.2 Å². The van der Waals surface area contributed by atoms with Gasteiger partial charge in [0.25, 0.3) is 0 Å². The number of hydrogen-bond donors (Lipinski definition) is 1. The van der Waals surface area contributed by atoms with Crippen molar-refractivity contribution in [3.63, 3.8) is 0 Å². The van der Waals surface area contributed by atoms with E-state index in [4.69, 9.17) is 4.74 Å². The van der Waals surface area contributed by atoms with Crippen LogP contribution in [-0.4, -0.2) is 34.4 Å². The van der Waals surface area contributed by atoms with Gasteiger partial charge in [0, 0.05) is 22.5 Å². The highest BCUT2D eigenvalue weighted by molar-refractivity contribution is 9.10. The molecule has 0 aliphatic heterocycles. The van der Waals surface area contributed by atoms with Crippen LogP contribution in [-0.2, 0) is 13.5 Å². The maximum absolute atomic E-state index is 5.42. The van der Waals surface area contributed by atoms with Gasteiger partial charge in [-0.3, -0.25) is 0 Å². The number of aryl methyl sites for hydroxylation is 1. The number of ether oxygens (including phenoxy) is 1. The molecule has 0 amide bonds. The van der Waals surface area contributed by atoms with Gasteiger partial charge < -0.3 is 10.1 Å². The quantitative estimate of drug-likeness (QED) is 0.902. The van der Waals surface area contributed by atoms with E-state index >= 15 is 0 Å². The minimum atomic E-state index is 0.0762. The van der Waals surface area contributed by atoms with Gasteiger partial charge in [-0.25, -0.2) is 0 Å². The Morgan fingerprint density at radius 1 is 1.47 bits per heavy atom. The molecule has 0 saturated carbocycles. The van der Waals surface area contributed by atoms with E-state index in [0.29, 0.717) is 12.2 Å². The number of aromatic nitrogens is 4. The molecule has 6 nitrogen and oxygen atoms in total. The smallest absolute Gasteiger partial charge is 0.176 e. The van der Waals surface area contributed by atoms with Crippen LogP contribution in [0.25, 0.3) is 0 Å². The normalized spacial score (nSPS) is 12.4. The van der Waals surface area contributed by atoms with Crippen molar-refractivity contribution in [3.8, 4) is 5.75 Å². The van der Waals surface area contributed by atoms with Gasteiger partial charge in [0.05, 0.1) is 14.2 Å². The Balaban J connectivity index is 2.26. The maximum atomic E-state index is 5.42. The van der Waals surface area contributed by atoms with Gasteiger partial charge in [0.15, 0.2) is 5.82 Å². The molecular formula is C12H16BrN5O. The molecule has 0 aliphatic carbocycles. The number of rotatable bonds is 5. The molecule has 1 unspecified atom stereocenters. The zero-order valence-electron chi connectivity index (χ0n) is 11.1. The maximum Gasteiger partial charge on any atom is 0.176 e. The van der Waals surface area contributed by atoms with Crippen LogP contribution in [0.4, 0.5) is 0 Å². The van der Waals surface area contributed by atoms with Gasteiger partial charge in [0.2, 0.25) is 0 Å². The SMILES string of the molecule is CNC(Cc1nnn(C)n1)c1ccc(Br)cc1OC. The van der Waals surface area contributed by atoms with Crippen LogP contribution in [0.1, 0.15) is 17.4 Å². The van der Waals surface area contributed by atoms with Crippen molar-refractivity contribution in [1.29, 1.82) is 0 Å². The number of nitrogens with zero attached hydrogens (tertiary/aromatic N) is 4. The van der Waals surface area contributed by atoms with Gasteiger partial charge in [-0.2, -0.15) is 4.80 Å². The lowest BCUT2D eigenvalue weighted by Crippen LogP contribution is -2.20. The number of nitrogens with one attached hydrogen (secondary N) is 1. The monoisotopic (exact) mass is 325 g/mol. The summed E-state index contributed by atoms with van der Waals surface area (Å²) in [5.41, 5.74) is 1.07. The largest absolute Gasteiger partial charge is 0.496 e. The zero-order valence-corrected chi connectivity index (χ0v) is 12.7. The molecule has 1 N–H and O–H groups in total. The van der Waals surface area contributed by atoms with E-state index in [1.807, 2.05) is 25.2 Å². The molecule has 1 aromatic carbocycles. The summed E-state index contributed by atoms with van der Waals surface area (Å²) in [5, 5.41) is 15.3. The first-order valence-corrected chi connectivity index (χ1v) is 6.67. The number of halogens is 1. The van der Waals surface area contributed by atoms with Crippen molar-refractivity contribution in [2.24, 2.45) is 7.05 Å². The summed E-state index contributed by atoms with van der Waals surface area (Å²) < 4.78 is 6.41. The van der Waals surface area contributed by atoms with E-state index in [9.17, 15) is 0 Å². The van der Waals surface area contributed by atoms with E-state index in [1.165, 1.54) is 4.80 Å². The molecule has 2 rings (SSSR count). The Morgan fingerprint density at radius 2 is 2.26 bits per heavy atom. The van der Waals surface area contributed by atoms with Gasteiger partial charge in [-0.05, 0) is 24.4 Å². The predicted molar refractivity (Wildman–Crippen MR) is 75.0 cm³/mol. The summed E-state index contributed by atoms with van der Waals surface area (Å²) in [4.78, 5) is 1.46. The standard InChI is InChI=1S/C12H16BrN5O/c1-14-10(7-12-15-17-18(2)16-12)9-5-4-8(13)6-11(9)19-3/h4-6,10,14H,7H2,1-3H3. The Morgan fingerprint density at radius 3 is 2.84 bits per heavy atom. The van der Waals surface area contributed by atoms with Crippen LogP contribution in [0.15, 0.2) is 22.7 Å². The number of methoxy groups -OCH3 is 1. The third kappa shape index (κ3) is 3.30. The van der Waals surface area contributed by atoms with Crippen LogP contribution >= 0.6 is 15.9 Å². The van der Waals surface area contributed by atoms with Crippen LogP contribution < -0.4 is 10.1 Å². The van der Waals surface area contributed by atoms with E-state index < -0.39 is 0 Å². The van der Waals surface area contributed by atoms with Crippen LogP contribution in [0.3, 0.4) is 0 Å². The summed E-state index contributed by atoms with van der Waals surface area (Å²) in [5.74, 6) is 1.53. The van der Waals surface area contributed by atoms with Gasteiger partial charge in [0.1, 0.15) is 5.75 Å². The first-order valence-electron chi connectivity index (χ1n) is 5.87. The number of tetrazole rings is 1. The molecule has 0 aliphatic rings. The van der Waals surface area contributed by atoms with Crippen molar-refractivity contribution in [1.82, 2.24) is 25.5 Å². The summed E-state index contributed by atoms with van der Waals surface area (Å²) in [7, 11) is 5.33. The van der Waals surface area contributed by atoms with Gasteiger partial charge in [-0.1, -0.05) is 22.0 Å². The summed E-state index contributed by atoms with van der Waals surface area (Å²) >= 11 is 3.44. The van der Waals surface area contributed by atoms with E-state index in [0.717, 1.165) is 15.8 Å². The lowest BCUT2D eigenvalue weighted by Gasteiger charge is -2.18. The van der Waals surface area contributed by atoms with Crippen LogP contribution in [0, 0.1) is 0 Å². The first-order chi connectivity index (χ1) is 9.13. The molecule has 1 heterocycles. The molecule has 1 atom stereocenters. The number of hydrogen-bond acceptors (Lipinski definition) is 5. The van der Waals surface area contributed by atoms with Crippen molar-refractivity contribution in [2.45, 2.75) is 12.5 Å². The summed E-state index contributed by atoms with van der Waals surface area (Å²) in [6, 6.07) is 6.04. The van der Waals surface area contributed by atoms with E-state index in [-0.39, 0.29) is 6.04 Å². The fraction of sp³-hybridized carbons (Fsp3) is 0.417. The van der Waals surface area contributed by atoms with E-state index in [1.54, 1.807) is 14.2 Å². The Bertz CT molecular complexity index is 557. The fourth-order valence-electron chi connectivity index (χ4n) is 1.93. The third-order valence-corrected chi connectivity index (χ3v) is 3.35. The van der Waals surface area contributed by atoms with Crippen molar-refractivity contribution >= 4 is 15.9 Å². The fourth-order valence-corrected chi connectivity index (χ4v) is 2.27. The second-order valence-electron chi connectivity index (χ2n) is 4.13. The molecule has 0 spiro atoms. The van der Waals surface area contributed by atoms with Crippen LogP contribution in [0.5, 0.6) is 5.75 Å². The van der Waals surface area contributed by atoms with Crippen molar-refractivity contribution in [3.05, 3.63) is 34.1 Å². The van der Waals surface area contributed by atoms with Crippen molar-refractivity contribution < 1.29 is 4.74 Å². The second kappa shape index (κ2) is 6.12. The highest BCUT2D eigenvalue weighted by atomic mass is 79.9. The van der Waals surface area contributed by atoms with Crippen molar-refractivity contribution in [2.75, 3.05) is 14.2 Å². The minimum Gasteiger partial charge on any atom is -0.496 e. The third-order valence-electron chi connectivity index (χ3n) is 2.86. The van der Waals surface area contributed by atoms with Crippen LogP contribution in [0.2, 0.25) is 0 Å². The number of likely N-dealkylation sites (N-methyl/N-ethyl adjacent to an activating group) is 1. The molecule has 2 aromatic rings. The second-order valence-corrected chi connectivity index (χ2v) is 5.04. The minimum absolute atomic E-state index is 0.0762. The summed E-state index contributed by atoms with van der Waals surface area (Å²) in [6.07, 6.45) is 0.655. The average molecular weight is 326 g/mol. The Labute approximate surface area is 120 Å². The molecule has 0 saturated heterocycles. The number of benzene rings is 1. The molecule has 1 aromatic heterocycles. The Hall–Kier alpha value is -1.47. The average Bonchev–Trinajstić information content (AvgIpc) is 2.81. The first kappa shape index (κ1) is 14.0. The highest BCUT2D eigenvalue weighted by Crippen LogP contribution is 2.29. The molecule has 102 valence electrons. The predicted octanol–water partition coefficient (Wildman–Crippen LogP) is 1.48. The topological polar surface area (TPSA) is 64.9 Å². The molecule has 7 heteroatoms. The van der Waals surface area contributed by atoms with E-state index in [2.05, 4.69) is 36.7 Å². The molecular weight excluding hydrogens is 310 g/mol. The Kier molecular flexibility index (Phi) is 4.49. The van der Waals surface area contributed by atoms with Gasteiger partial charge >= 0.3 is 0 Å². The zero-order chi connectivity index (χ0) is 13.8. The highest BCUT2D eigenvalue weighted by Gasteiger charge is 2.17. The lowest BCUT2D eigenvalue weighted by atomic mass is 10.0. The lowest BCUT2D eigenvalue weighted by molar-refractivity contribution is 0.400. The molecule has 0 fully saturated rings. The molecule has 0 radical (unpaired) electrons. The summed E-state index contributed by atoms with van der Waals surface area (Å²) in [6.45, 7) is 0.